The van der Waals surface area contributed by atoms with Gasteiger partial charge in [-0.1, -0.05) is 194 Å². The lowest BCUT2D eigenvalue weighted by molar-refractivity contribution is 0.408. The second-order valence-corrected chi connectivity index (χ2v) is 16.0. The number of benzene rings is 9. The number of rotatable bonds is 7. The minimum atomic E-state index is -0.355. The quantitative estimate of drug-likeness (QED) is 0.169. The van der Waals surface area contributed by atoms with Gasteiger partial charge in [-0.3, -0.25) is 5.32 Å². The van der Waals surface area contributed by atoms with Crippen LogP contribution in [-0.4, -0.2) is 15.0 Å². The summed E-state index contributed by atoms with van der Waals surface area (Å²) >= 11 is 0. The van der Waals surface area contributed by atoms with Crippen molar-refractivity contribution in [3.63, 3.8) is 0 Å². The molecule has 2 aromatic heterocycles. The summed E-state index contributed by atoms with van der Waals surface area (Å²) in [5, 5.41) is 12.6. The number of aromatic nitrogens is 2. The zero-order valence-corrected chi connectivity index (χ0v) is 33.9. The molecule has 5 heteroatoms. The van der Waals surface area contributed by atoms with Gasteiger partial charge in [0.05, 0.1) is 27.8 Å². The average Bonchev–Trinajstić information content (AvgIpc) is 3.87. The lowest BCUT2D eigenvalue weighted by atomic mass is 10.0. The van der Waals surface area contributed by atoms with E-state index in [0.717, 1.165) is 44.9 Å². The van der Waals surface area contributed by atoms with Crippen LogP contribution in [0.1, 0.15) is 29.0 Å². The third-order valence-electron chi connectivity index (χ3n) is 12.4. The third kappa shape index (κ3) is 6.01. The highest BCUT2D eigenvalue weighted by Crippen LogP contribution is 2.41. The van der Waals surface area contributed by atoms with Gasteiger partial charge in [0.25, 0.3) is 0 Å². The molecule has 0 spiro atoms. The molecule has 5 nitrogen and oxygen atoms in total. The molecule has 0 bridgehead atoms. The lowest BCUT2D eigenvalue weighted by Gasteiger charge is -2.33. The van der Waals surface area contributed by atoms with E-state index in [-0.39, 0.29) is 12.3 Å². The monoisotopic (exact) mass is 795 g/mol. The molecule has 0 saturated carbocycles. The van der Waals surface area contributed by atoms with Crippen molar-refractivity contribution in [2.24, 2.45) is 4.99 Å². The minimum Gasteiger partial charge on any atom is -0.350 e. The molecule has 2 unspecified atom stereocenters. The molecule has 12 rings (SSSR count). The zero-order chi connectivity index (χ0) is 41.0. The van der Waals surface area contributed by atoms with Gasteiger partial charge in [-0.25, -0.2) is 4.99 Å². The number of nitrogens with zero attached hydrogens (tertiary/aromatic N) is 3. The summed E-state index contributed by atoms with van der Waals surface area (Å²) in [6, 6.07) is 80.6. The van der Waals surface area contributed by atoms with E-state index in [0.29, 0.717) is 0 Å². The van der Waals surface area contributed by atoms with Gasteiger partial charge in [0.2, 0.25) is 0 Å². The predicted octanol–water partition coefficient (Wildman–Crippen LogP) is 13.6. The van der Waals surface area contributed by atoms with Crippen LogP contribution in [0.15, 0.2) is 229 Å². The summed E-state index contributed by atoms with van der Waals surface area (Å²) in [5.74, 6) is 0.853. The van der Waals surface area contributed by atoms with E-state index in [1.807, 2.05) is 0 Å². The van der Waals surface area contributed by atoms with E-state index in [1.54, 1.807) is 0 Å². The molecule has 0 fully saturated rings. The largest absolute Gasteiger partial charge is 0.350 e. The fraction of sp³-hybridized carbons (Fsp3) is 0.0351. The van der Waals surface area contributed by atoms with Crippen molar-refractivity contribution in [1.29, 1.82) is 0 Å². The summed E-state index contributed by atoms with van der Waals surface area (Å²) < 4.78 is 4.90. The number of hydrogen-bond acceptors (Lipinski definition) is 3. The Kier molecular flexibility index (Phi) is 8.65. The molecule has 0 aliphatic carbocycles. The van der Waals surface area contributed by atoms with Crippen LogP contribution in [-0.2, 0) is 0 Å². The van der Waals surface area contributed by atoms with Crippen molar-refractivity contribution < 1.29 is 0 Å². The predicted molar refractivity (Wildman–Crippen MR) is 257 cm³/mol. The van der Waals surface area contributed by atoms with Crippen molar-refractivity contribution >= 4 is 49.4 Å². The maximum absolute atomic E-state index is 5.44. The molecule has 62 heavy (non-hydrogen) atoms. The van der Waals surface area contributed by atoms with E-state index in [9.17, 15) is 0 Å². The van der Waals surface area contributed by atoms with Crippen molar-refractivity contribution in [3.05, 3.63) is 241 Å². The van der Waals surface area contributed by atoms with Gasteiger partial charge in [0.1, 0.15) is 18.2 Å². The van der Waals surface area contributed by atoms with Crippen LogP contribution in [0, 0.1) is 0 Å². The molecule has 9 aromatic carbocycles. The normalized spacial score (nSPS) is 15.3. The van der Waals surface area contributed by atoms with Crippen LogP contribution in [0.5, 0.6) is 0 Å². The first-order valence-electron chi connectivity index (χ1n) is 21.3. The first kappa shape index (κ1) is 35.9. The number of aliphatic imine (C=N–C) groups is 1. The molecule has 1 aliphatic heterocycles. The van der Waals surface area contributed by atoms with E-state index in [1.165, 1.54) is 54.8 Å². The molecule has 0 radical (unpaired) electrons. The SMILES string of the molecule is c1ccc(C2=NC(c3ccccc3-n3c4ccccc4c4ccc(-n5c6ccccc6c6cccc(-c7ccccc7)c65)cc43)NC(c3ccc(-c4ccccc4)cc3)N2)cc1. The van der Waals surface area contributed by atoms with Gasteiger partial charge in [-0.15, -0.1) is 0 Å². The summed E-state index contributed by atoms with van der Waals surface area (Å²) in [7, 11) is 0. The second kappa shape index (κ2) is 14.9. The standard InChI is InChI=1S/C57H41N5/c1-4-17-38(18-5-1)39-31-33-42(34-32-39)56-58-55(41-21-8-3-9-22-41)59-57(60-56)49-25-12-15-30-52(49)62-51-29-14-10-23-45(51)47-36-35-43(37-53(47)62)61-50-28-13-11-24-46(50)48-27-16-26-44(54(48)61)40-19-6-2-7-20-40/h1-37,56-57,60H,(H,58,59). The Morgan fingerprint density at radius 2 is 0.968 bits per heavy atom. The Morgan fingerprint density at radius 1 is 0.403 bits per heavy atom. The third-order valence-corrected chi connectivity index (χ3v) is 12.4. The van der Waals surface area contributed by atoms with Crippen molar-refractivity contribution in [2.75, 3.05) is 0 Å². The van der Waals surface area contributed by atoms with Crippen LogP contribution in [0.25, 0.3) is 77.2 Å². The van der Waals surface area contributed by atoms with Gasteiger partial charge in [-0.2, -0.15) is 0 Å². The zero-order valence-electron chi connectivity index (χ0n) is 33.9. The van der Waals surface area contributed by atoms with E-state index < -0.39 is 0 Å². The summed E-state index contributed by atoms with van der Waals surface area (Å²) in [6.45, 7) is 0. The number of nitrogens with one attached hydrogen (secondary N) is 2. The van der Waals surface area contributed by atoms with Crippen LogP contribution in [0.3, 0.4) is 0 Å². The molecular formula is C57H41N5. The molecule has 11 aromatic rings. The molecular weight excluding hydrogens is 755 g/mol. The first-order valence-corrected chi connectivity index (χ1v) is 21.3. The Labute approximate surface area is 359 Å². The number of amidine groups is 1. The highest BCUT2D eigenvalue weighted by atomic mass is 15.3. The molecule has 2 atom stereocenters. The lowest BCUT2D eigenvalue weighted by Crippen LogP contribution is -2.45. The van der Waals surface area contributed by atoms with Crippen LogP contribution >= 0.6 is 0 Å². The van der Waals surface area contributed by atoms with Gasteiger partial charge in [0.15, 0.2) is 0 Å². The van der Waals surface area contributed by atoms with Gasteiger partial charge < -0.3 is 14.5 Å². The minimum absolute atomic E-state index is 0.190. The molecule has 2 N–H and O–H groups in total. The maximum Gasteiger partial charge on any atom is 0.131 e. The van der Waals surface area contributed by atoms with Crippen molar-refractivity contribution in [3.8, 4) is 33.6 Å². The van der Waals surface area contributed by atoms with Crippen LogP contribution < -0.4 is 10.6 Å². The highest BCUT2D eigenvalue weighted by molar-refractivity contribution is 6.15. The van der Waals surface area contributed by atoms with Crippen molar-refractivity contribution in [2.45, 2.75) is 12.3 Å². The Bertz CT molecular complexity index is 3460. The number of fused-ring (bicyclic) bond motifs is 6. The Morgan fingerprint density at radius 3 is 1.71 bits per heavy atom. The van der Waals surface area contributed by atoms with E-state index in [4.69, 9.17) is 4.99 Å². The first-order chi connectivity index (χ1) is 30.8. The van der Waals surface area contributed by atoms with Gasteiger partial charge in [0, 0.05) is 43.9 Å². The Balaban J connectivity index is 1.04. The second-order valence-electron chi connectivity index (χ2n) is 16.0. The summed E-state index contributed by atoms with van der Waals surface area (Å²) in [5.41, 5.74) is 14.9. The molecule has 0 saturated heterocycles. The maximum atomic E-state index is 5.44. The van der Waals surface area contributed by atoms with Gasteiger partial charge in [-0.05, 0) is 52.6 Å². The topological polar surface area (TPSA) is 46.3 Å². The fourth-order valence-electron chi connectivity index (χ4n) is 9.55. The Hall–Kier alpha value is -7.99. The molecule has 1 aliphatic rings. The summed E-state index contributed by atoms with van der Waals surface area (Å²) in [4.78, 5) is 5.44. The fourth-order valence-corrected chi connectivity index (χ4v) is 9.55. The molecule has 294 valence electrons. The summed E-state index contributed by atoms with van der Waals surface area (Å²) in [6.07, 6.45) is -0.545. The van der Waals surface area contributed by atoms with Crippen molar-refractivity contribution in [1.82, 2.24) is 19.8 Å². The number of para-hydroxylation sites is 4. The highest BCUT2D eigenvalue weighted by Gasteiger charge is 2.28. The van der Waals surface area contributed by atoms with Crippen LogP contribution in [0.4, 0.5) is 0 Å². The molecule has 0 amide bonds. The van der Waals surface area contributed by atoms with E-state index >= 15 is 0 Å². The average molecular weight is 796 g/mol. The smallest absolute Gasteiger partial charge is 0.131 e. The van der Waals surface area contributed by atoms with Crippen LogP contribution in [0.2, 0.25) is 0 Å². The number of hydrogen-bond donors (Lipinski definition) is 2. The van der Waals surface area contributed by atoms with Gasteiger partial charge >= 0.3 is 0 Å². The van der Waals surface area contributed by atoms with E-state index in [2.05, 4.69) is 244 Å². The molecule has 3 heterocycles.